The molecule has 1 heterocycles. The molecule has 2 unspecified atom stereocenters. The number of benzene rings is 1. The molecule has 2 N–H and O–H groups in total. The Morgan fingerprint density at radius 2 is 2.25 bits per heavy atom. The Hall–Kier alpha value is -2.18. The molecular formula is C13H16FN3O3. The second-order valence-corrected chi connectivity index (χ2v) is 5.13. The zero-order valence-corrected chi connectivity index (χ0v) is 11.1. The minimum atomic E-state index is -0.708. The second kappa shape index (κ2) is 5.44. The largest absolute Gasteiger partial charge is 0.368 e. The van der Waals surface area contributed by atoms with Gasteiger partial charge in [0.1, 0.15) is 6.04 Å². The van der Waals surface area contributed by atoms with E-state index in [2.05, 4.69) is 0 Å². The summed E-state index contributed by atoms with van der Waals surface area (Å²) in [4.78, 5) is 23.1. The minimum Gasteiger partial charge on any atom is -0.368 e. The standard InChI is InChI=1S/C13H16FN3O3/c1-8-4-5-16(12(6-8)13(15)18)11-3-2-9(17(19)20)7-10(11)14/h2-3,7-8,12H,4-6H2,1H3,(H2,15,18). The van der Waals surface area contributed by atoms with E-state index < -0.39 is 22.7 Å². The lowest BCUT2D eigenvalue weighted by atomic mass is 9.91. The van der Waals surface area contributed by atoms with Gasteiger partial charge in [-0.15, -0.1) is 0 Å². The lowest BCUT2D eigenvalue weighted by Crippen LogP contribution is -2.50. The maximum absolute atomic E-state index is 14.0. The van der Waals surface area contributed by atoms with Gasteiger partial charge >= 0.3 is 0 Å². The third-order valence-corrected chi connectivity index (χ3v) is 3.64. The van der Waals surface area contributed by atoms with Crippen LogP contribution in [-0.2, 0) is 4.79 Å². The number of piperidine rings is 1. The fourth-order valence-electron chi connectivity index (χ4n) is 2.54. The van der Waals surface area contributed by atoms with Crippen molar-refractivity contribution in [1.29, 1.82) is 0 Å². The van der Waals surface area contributed by atoms with Gasteiger partial charge < -0.3 is 10.6 Å². The zero-order valence-electron chi connectivity index (χ0n) is 11.1. The molecule has 0 saturated carbocycles. The van der Waals surface area contributed by atoms with Crippen LogP contribution in [0.25, 0.3) is 0 Å². The van der Waals surface area contributed by atoms with Gasteiger partial charge in [-0.05, 0) is 24.8 Å². The molecular weight excluding hydrogens is 265 g/mol. The summed E-state index contributed by atoms with van der Waals surface area (Å²) in [5.74, 6) is -0.876. The summed E-state index contributed by atoms with van der Waals surface area (Å²) in [7, 11) is 0. The molecule has 20 heavy (non-hydrogen) atoms. The summed E-state index contributed by atoms with van der Waals surface area (Å²) < 4.78 is 14.0. The van der Waals surface area contributed by atoms with Crippen molar-refractivity contribution in [2.45, 2.75) is 25.8 Å². The van der Waals surface area contributed by atoms with E-state index in [1.165, 1.54) is 12.1 Å². The first kappa shape index (κ1) is 14.2. The van der Waals surface area contributed by atoms with Crippen LogP contribution in [0.1, 0.15) is 19.8 Å². The Kier molecular flexibility index (Phi) is 3.87. The van der Waals surface area contributed by atoms with E-state index in [0.717, 1.165) is 12.5 Å². The average Bonchev–Trinajstić information content (AvgIpc) is 2.38. The molecule has 0 radical (unpaired) electrons. The van der Waals surface area contributed by atoms with Crippen LogP contribution in [0.4, 0.5) is 15.8 Å². The number of nitro benzene ring substituents is 1. The number of carbonyl (C=O) groups is 1. The highest BCUT2D eigenvalue weighted by molar-refractivity contribution is 5.84. The minimum absolute atomic E-state index is 0.186. The number of amides is 1. The number of halogens is 1. The van der Waals surface area contributed by atoms with E-state index in [-0.39, 0.29) is 11.4 Å². The normalized spacial score (nSPS) is 22.6. The third kappa shape index (κ3) is 2.71. The Morgan fingerprint density at radius 1 is 1.55 bits per heavy atom. The molecule has 1 fully saturated rings. The molecule has 1 saturated heterocycles. The van der Waals surface area contributed by atoms with E-state index in [1.807, 2.05) is 6.92 Å². The second-order valence-electron chi connectivity index (χ2n) is 5.13. The van der Waals surface area contributed by atoms with Crippen molar-refractivity contribution in [3.05, 3.63) is 34.1 Å². The van der Waals surface area contributed by atoms with Gasteiger partial charge in [-0.25, -0.2) is 4.39 Å². The Labute approximate surface area is 115 Å². The van der Waals surface area contributed by atoms with Crippen LogP contribution in [0.2, 0.25) is 0 Å². The van der Waals surface area contributed by atoms with Gasteiger partial charge in [-0.3, -0.25) is 14.9 Å². The molecule has 1 aromatic rings. The first-order valence-electron chi connectivity index (χ1n) is 6.40. The van der Waals surface area contributed by atoms with Crippen LogP contribution in [0.15, 0.2) is 18.2 Å². The molecule has 7 heteroatoms. The Morgan fingerprint density at radius 3 is 2.80 bits per heavy atom. The summed E-state index contributed by atoms with van der Waals surface area (Å²) in [5.41, 5.74) is 5.25. The topological polar surface area (TPSA) is 89.5 Å². The lowest BCUT2D eigenvalue weighted by molar-refractivity contribution is -0.385. The van der Waals surface area contributed by atoms with Crippen LogP contribution in [-0.4, -0.2) is 23.4 Å². The van der Waals surface area contributed by atoms with E-state index >= 15 is 0 Å². The summed E-state index contributed by atoms with van der Waals surface area (Å²) in [5, 5.41) is 10.6. The number of non-ortho nitro benzene ring substituents is 1. The van der Waals surface area contributed by atoms with E-state index in [4.69, 9.17) is 5.73 Å². The van der Waals surface area contributed by atoms with Crippen molar-refractivity contribution < 1.29 is 14.1 Å². The number of nitrogens with two attached hydrogens (primary N) is 1. The van der Waals surface area contributed by atoms with Crippen molar-refractivity contribution in [3.8, 4) is 0 Å². The quantitative estimate of drug-likeness (QED) is 0.676. The molecule has 2 rings (SSSR count). The molecule has 0 bridgehead atoms. The molecule has 108 valence electrons. The fraction of sp³-hybridized carbons (Fsp3) is 0.462. The maximum atomic E-state index is 14.0. The lowest BCUT2D eigenvalue weighted by Gasteiger charge is -2.38. The van der Waals surface area contributed by atoms with E-state index in [0.29, 0.717) is 18.9 Å². The molecule has 0 aliphatic carbocycles. The predicted octanol–water partition coefficient (Wildman–Crippen LogP) is 1.82. The first-order valence-corrected chi connectivity index (χ1v) is 6.40. The zero-order chi connectivity index (χ0) is 14.9. The van der Waals surface area contributed by atoms with Crippen molar-refractivity contribution in [2.75, 3.05) is 11.4 Å². The number of anilines is 1. The number of nitrogens with zero attached hydrogens (tertiary/aromatic N) is 2. The van der Waals surface area contributed by atoms with Gasteiger partial charge in [0.15, 0.2) is 5.82 Å². The third-order valence-electron chi connectivity index (χ3n) is 3.64. The monoisotopic (exact) mass is 281 g/mol. The van der Waals surface area contributed by atoms with E-state index in [9.17, 15) is 19.3 Å². The van der Waals surface area contributed by atoms with Crippen molar-refractivity contribution in [3.63, 3.8) is 0 Å². The summed E-state index contributed by atoms with van der Waals surface area (Å²) in [6.07, 6.45) is 1.38. The highest BCUT2D eigenvalue weighted by Gasteiger charge is 2.32. The van der Waals surface area contributed by atoms with Crippen LogP contribution >= 0.6 is 0 Å². The molecule has 2 atom stereocenters. The number of hydrogen-bond acceptors (Lipinski definition) is 4. The Bertz CT molecular complexity index is 550. The predicted molar refractivity (Wildman–Crippen MR) is 71.8 cm³/mol. The molecule has 1 aromatic carbocycles. The number of carbonyl (C=O) groups excluding carboxylic acids is 1. The number of hydrogen-bond donors (Lipinski definition) is 1. The number of rotatable bonds is 3. The smallest absolute Gasteiger partial charge is 0.272 e. The number of nitro groups is 1. The van der Waals surface area contributed by atoms with Gasteiger partial charge in [0.2, 0.25) is 5.91 Å². The van der Waals surface area contributed by atoms with Crippen molar-refractivity contribution >= 4 is 17.3 Å². The highest BCUT2D eigenvalue weighted by atomic mass is 19.1. The summed E-state index contributed by atoms with van der Waals surface area (Å²) in [6, 6.07) is 2.86. The average molecular weight is 281 g/mol. The van der Waals surface area contributed by atoms with Crippen LogP contribution < -0.4 is 10.6 Å². The molecule has 1 aliphatic rings. The molecule has 0 aromatic heterocycles. The van der Waals surface area contributed by atoms with Gasteiger partial charge in [-0.1, -0.05) is 6.92 Å². The Balaban J connectivity index is 2.34. The first-order chi connectivity index (χ1) is 9.40. The summed E-state index contributed by atoms with van der Waals surface area (Å²) in [6.45, 7) is 2.52. The molecule has 1 amide bonds. The molecule has 0 spiro atoms. The van der Waals surface area contributed by atoms with Crippen LogP contribution in [0, 0.1) is 21.8 Å². The molecule has 1 aliphatic heterocycles. The molecule has 6 nitrogen and oxygen atoms in total. The van der Waals surface area contributed by atoms with Gasteiger partial charge in [0.05, 0.1) is 16.7 Å². The number of primary amides is 1. The maximum Gasteiger partial charge on any atom is 0.272 e. The fourth-order valence-corrected chi connectivity index (χ4v) is 2.54. The van der Waals surface area contributed by atoms with Crippen LogP contribution in [0.3, 0.4) is 0 Å². The SMILES string of the molecule is CC1CCN(c2ccc([N+](=O)[O-])cc2F)C(C(N)=O)C1. The van der Waals surface area contributed by atoms with Gasteiger partial charge in [-0.2, -0.15) is 0 Å². The van der Waals surface area contributed by atoms with E-state index in [1.54, 1.807) is 4.90 Å². The van der Waals surface area contributed by atoms with Gasteiger partial charge in [0.25, 0.3) is 5.69 Å². The van der Waals surface area contributed by atoms with Crippen molar-refractivity contribution in [1.82, 2.24) is 0 Å². The van der Waals surface area contributed by atoms with Gasteiger partial charge in [0, 0.05) is 12.6 Å². The van der Waals surface area contributed by atoms with Crippen LogP contribution in [0.5, 0.6) is 0 Å². The summed E-state index contributed by atoms with van der Waals surface area (Å²) >= 11 is 0. The highest BCUT2D eigenvalue weighted by Crippen LogP contribution is 2.31. The van der Waals surface area contributed by atoms with Crippen molar-refractivity contribution in [2.24, 2.45) is 11.7 Å².